The molecule has 4 heterocycles. The number of carbonyl (C=O) groups is 3. The number of hydrogen-bond donors (Lipinski definition) is 5. The summed E-state index contributed by atoms with van der Waals surface area (Å²) in [7, 11) is 1.47. The normalized spacial score (nSPS) is 31.5. The Labute approximate surface area is 342 Å². The number of methoxy groups -OCH3 is 1. The number of anilines is 2. The number of benzene rings is 2. The molecular formula is C43H55N3O11S. The Morgan fingerprint density at radius 1 is 0.983 bits per heavy atom. The lowest BCUT2D eigenvalue weighted by Crippen LogP contribution is -2.46. The van der Waals surface area contributed by atoms with E-state index in [1.165, 1.54) is 38.6 Å². The summed E-state index contributed by atoms with van der Waals surface area (Å²) in [4.78, 5) is 47.9. The van der Waals surface area contributed by atoms with Gasteiger partial charge in [-0.3, -0.25) is 14.4 Å². The largest absolute Gasteiger partial charge is 0.507 e. The maximum atomic E-state index is 14.6. The Morgan fingerprint density at radius 2 is 1.67 bits per heavy atom. The van der Waals surface area contributed by atoms with Crippen LogP contribution in [0.4, 0.5) is 10.8 Å². The second-order valence-electron chi connectivity index (χ2n) is 16.1. The van der Waals surface area contributed by atoms with Crippen molar-refractivity contribution in [3.05, 3.63) is 47.3 Å². The summed E-state index contributed by atoms with van der Waals surface area (Å²) < 4.78 is 24.3. The molecule has 0 aliphatic carbocycles. The lowest BCUT2D eigenvalue weighted by atomic mass is 9.78. The molecule has 5 N–H and O–H groups in total. The number of aliphatic hydroxyl groups excluding tert-OH is 2. The van der Waals surface area contributed by atoms with Crippen LogP contribution in [0.3, 0.4) is 0 Å². The Bertz CT molecular complexity index is 2190. The first-order valence-electron chi connectivity index (χ1n) is 19.8. The van der Waals surface area contributed by atoms with Gasteiger partial charge in [-0.2, -0.15) is 0 Å². The minimum Gasteiger partial charge on any atom is -0.507 e. The molecule has 2 aromatic carbocycles. The first-order valence-corrected chi connectivity index (χ1v) is 20.6. The van der Waals surface area contributed by atoms with Gasteiger partial charge in [0.1, 0.15) is 23.3 Å². The van der Waals surface area contributed by atoms with Gasteiger partial charge in [0.25, 0.3) is 11.7 Å². The molecule has 0 spiro atoms. The fourth-order valence-corrected chi connectivity index (χ4v) is 9.46. The van der Waals surface area contributed by atoms with Gasteiger partial charge in [0.2, 0.25) is 0 Å². The summed E-state index contributed by atoms with van der Waals surface area (Å²) in [6.07, 6.45) is 7.03. The monoisotopic (exact) mass is 821 g/mol. The van der Waals surface area contributed by atoms with Gasteiger partial charge in [-0.25, -0.2) is 4.98 Å². The second kappa shape index (κ2) is 16.9. The molecule has 3 aliphatic rings. The van der Waals surface area contributed by atoms with Crippen LogP contribution in [0.25, 0.3) is 21.0 Å². The van der Waals surface area contributed by atoms with Gasteiger partial charge >= 0.3 is 11.8 Å². The SMILES string of the molecule is CO[C@H]1C=CO[C@@]2(C)Oc3c(C)c(O)c4c(O)c(c5sc(N6CCCCC6)nc5c4c3C2=O)NC(=O)/C(C)=C\C=C/[C@H](C)[C@H](O)[C@@H](C)[C@@H](O)[C@@H](C)[C@H](OC(C)=O)[C@@H]1C. The Kier molecular flexibility index (Phi) is 12.5. The highest BCUT2D eigenvalue weighted by Gasteiger charge is 2.50. The number of ketones is 1. The van der Waals surface area contributed by atoms with E-state index in [2.05, 4.69) is 10.2 Å². The second-order valence-corrected chi connectivity index (χ2v) is 17.1. The maximum Gasteiger partial charge on any atom is 0.312 e. The van der Waals surface area contributed by atoms with E-state index >= 15 is 0 Å². The molecule has 0 radical (unpaired) electrons. The number of phenolic OH excluding ortho intramolecular Hbond substituents is 2. The van der Waals surface area contributed by atoms with Gasteiger partial charge in [-0.1, -0.05) is 57.3 Å². The molecular weight excluding hydrogens is 767 g/mol. The third-order valence-corrected chi connectivity index (χ3v) is 13.1. The van der Waals surface area contributed by atoms with Crippen LogP contribution in [0.5, 0.6) is 17.2 Å². The van der Waals surface area contributed by atoms with Crippen LogP contribution in [0.2, 0.25) is 0 Å². The molecule has 6 rings (SSSR count). The molecule has 314 valence electrons. The molecule has 4 bridgehead atoms. The van der Waals surface area contributed by atoms with E-state index in [1.54, 1.807) is 65.8 Å². The van der Waals surface area contributed by atoms with Crippen LogP contribution >= 0.6 is 11.3 Å². The van der Waals surface area contributed by atoms with Crippen molar-refractivity contribution in [3.8, 4) is 17.2 Å². The highest BCUT2D eigenvalue weighted by atomic mass is 32.1. The smallest absolute Gasteiger partial charge is 0.312 e. The molecule has 3 aromatic rings. The van der Waals surface area contributed by atoms with E-state index in [-0.39, 0.29) is 44.7 Å². The number of thiazole rings is 1. The Morgan fingerprint density at radius 3 is 2.33 bits per heavy atom. The van der Waals surface area contributed by atoms with E-state index in [1.807, 2.05) is 0 Å². The van der Waals surface area contributed by atoms with Gasteiger partial charge in [0, 0.05) is 74.2 Å². The number of carbonyl (C=O) groups excluding carboxylic acids is 3. The number of Topliss-reactive ketones (excluding diaryl/α,β-unsaturated/α-hetero) is 1. The standard InChI is InChI=1S/C43H55N3O11S/c1-20-14-13-15-21(2)41(53)44-32-36(51)29-28(31-39(32)58-42(45-31)46-17-11-10-12-18-46)30-38(25(6)35(29)50)57-43(8,40(30)52)55-19-16-27(54-9)22(3)37(56-26(7)47)24(5)34(49)23(4)33(20)48/h13-16,19-20,22-24,27,33-34,37,48-51H,10-12,17-18H2,1-9H3,(H,44,53)/b14-13-,19-16?,21-15-/t20-,22+,23+,24+,27-,33-,34+,37+,43-/m0/s1. The summed E-state index contributed by atoms with van der Waals surface area (Å²) in [5, 5.41) is 50.2. The van der Waals surface area contributed by atoms with Crippen molar-refractivity contribution in [2.75, 3.05) is 30.4 Å². The fourth-order valence-electron chi connectivity index (χ4n) is 8.33. The van der Waals surface area contributed by atoms with Crippen molar-refractivity contribution >= 4 is 60.8 Å². The third-order valence-electron chi connectivity index (χ3n) is 12.0. The molecule has 1 aromatic heterocycles. The molecule has 9 atom stereocenters. The predicted octanol–water partition coefficient (Wildman–Crippen LogP) is 6.65. The molecule has 14 nitrogen and oxygen atoms in total. The zero-order chi connectivity index (χ0) is 42.4. The zero-order valence-corrected chi connectivity index (χ0v) is 35.3. The van der Waals surface area contributed by atoms with E-state index in [0.29, 0.717) is 15.3 Å². The lowest BCUT2D eigenvalue weighted by Gasteiger charge is -2.38. The molecule has 1 fully saturated rings. The highest BCUT2D eigenvalue weighted by molar-refractivity contribution is 7.23. The Hall–Kier alpha value is -4.70. The number of nitrogens with one attached hydrogen (secondary N) is 1. The first kappa shape index (κ1) is 42.9. The number of fused-ring (bicyclic) bond motifs is 1. The van der Waals surface area contributed by atoms with Crippen molar-refractivity contribution in [3.63, 3.8) is 0 Å². The Balaban J connectivity index is 1.54. The predicted molar refractivity (Wildman–Crippen MR) is 221 cm³/mol. The van der Waals surface area contributed by atoms with Crippen LogP contribution in [-0.4, -0.2) is 93.5 Å². The summed E-state index contributed by atoms with van der Waals surface area (Å²) in [5.74, 6) is -6.70. The number of amides is 1. The fraction of sp³-hybridized carbons (Fsp3) is 0.535. The molecule has 1 saturated heterocycles. The van der Waals surface area contributed by atoms with Crippen molar-refractivity contribution in [1.29, 1.82) is 0 Å². The number of aliphatic hydroxyl groups is 2. The number of hydrogen-bond acceptors (Lipinski definition) is 14. The van der Waals surface area contributed by atoms with Gasteiger partial charge < -0.3 is 49.6 Å². The highest BCUT2D eigenvalue weighted by Crippen LogP contribution is 2.55. The summed E-state index contributed by atoms with van der Waals surface area (Å²) in [5.41, 5.74) is 0.835. The van der Waals surface area contributed by atoms with E-state index in [4.69, 9.17) is 23.9 Å². The number of rotatable bonds is 3. The number of nitrogens with zero attached hydrogens (tertiary/aromatic N) is 2. The van der Waals surface area contributed by atoms with Gasteiger partial charge in [0.15, 0.2) is 10.9 Å². The quantitative estimate of drug-likeness (QED) is 0.139. The van der Waals surface area contributed by atoms with E-state index in [9.17, 15) is 34.8 Å². The van der Waals surface area contributed by atoms with Crippen LogP contribution < -0.4 is 15.0 Å². The number of esters is 1. The number of aromatic hydroxyl groups is 2. The van der Waals surface area contributed by atoms with Crippen molar-refractivity contribution in [2.45, 2.75) is 105 Å². The summed E-state index contributed by atoms with van der Waals surface area (Å²) in [6, 6.07) is 0. The molecule has 0 saturated carbocycles. The van der Waals surface area contributed by atoms with Gasteiger partial charge in [-0.15, -0.1) is 0 Å². The molecule has 1 amide bonds. The van der Waals surface area contributed by atoms with Gasteiger partial charge in [0.05, 0.1) is 45.7 Å². The number of allylic oxidation sites excluding steroid dienone is 2. The summed E-state index contributed by atoms with van der Waals surface area (Å²) in [6.45, 7) is 14.4. The first-order chi connectivity index (χ1) is 27.4. The molecule has 58 heavy (non-hydrogen) atoms. The molecule has 3 aliphatic heterocycles. The number of aromatic nitrogens is 1. The summed E-state index contributed by atoms with van der Waals surface area (Å²) >= 11 is 1.27. The van der Waals surface area contributed by atoms with Gasteiger partial charge in [-0.05, 0) is 39.2 Å². The number of ether oxygens (including phenoxy) is 4. The minimum absolute atomic E-state index is 0.0370. The zero-order valence-electron chi connectivity index (χ0n) is 34.5. The third kappa shape index (κ3) is 7.76. The number of phenols is 2. The topological polar surface area (TPSA) is 197 Å². The average molecular weight is 822 g/mol. The molecule has 0 unspecified atom stereocenters. The minimum atomic E-state index is -1.93. The maximum absolute atomic E-state index is 14.6. The van der Waals surface area contributed by atoms with Crippen LogP contribution in [0, 0.1) is 30.6 Å². The van der Waals surface area contributed by atoms with E-state index in [0.717, 1.165) is 32.4 Å². The van der Waals surface area contributed by atoms with Crippen LogP contribution in [0.1, 0.15) is 83.7 Å². The van der Waals surface area contributed by atoms with Crippen molar-refractivity contribution < 1.29 is 53.8 Å². The lowest BCUT2D eigenvalue weighted by molar-refractivity contribution is -0.160. The number of piperidine rings is 1. The van der Waals surface area contributed by atoms with Crippen molar-refractivity contribution in [2.24, 2.45) is 23.7 Å². The van der Waals surface area contributed by atoms with E-state index < -0.39 is 77.3 Å². The van der Waals surface area contributed by atoms with Crippen LogP contribution in [-0.2, 0) is 23.8 Å². The van der Waals surface area contributed by atoms with Crippen molar-refractivity contribution in [1.82, 2.24) is 4.98 Å². The van der Waals surface area contributed by atoms with Crippen LogP contribution in [0.15, 0.2) is 36.1 Å². The average Bonchev–Trinajstić information content (AvgIpc) is 3.76. The molecule has 15 heteroatoms.